The van der Waals surface area contributed by atoms with Crippen molar-refractivity contribution >= 4 is 11.6 Å². The molecule has 0 aromatic rings. The Balaban J connectivity index is 2.30. The van der Waals surface area contributed by atoms with E-state index in [0.717, 1.165) is 6.42 Å². The summed E-state index contributed by atoms with van der Waals surface area (Å²) in [7, 11) is 2.95. The van der Waals surface area contributed by atoms with Crippen LogP contribution in [0.4, 0.5) is 0 Å². The predicted molar refractivity (Wildman–Crippen MR) is 52.2 cm³/mol. The van der Waals surface area contributed by atoms with Crippen LogP contribution in [0.15, 0.2) is 0 Å². The molecule has 15 heavy (non-hydrogen) atoms. The molecule has 0 amide bonds. The minimum atomic E-state index is -1.16. The van der Waals surface area contributed by atoms with Crippen molar-refractivity contribution in [3.8, 4) is 0 Å². The topological polar surface area (TPSA) is 52.6 Å². The molecule has 0 spiro atoms. The van der Waals surface area contributed by atoms with Gasteiger partial charge in [0.15, 0.2) is 5.78 Å². The van der Waals surface area contributed by atoms with Crippen LogP contribution in [0.1, 0.15) is 25.7 Å². The van der Waals surface area contributed by atoms with Crippen molar-refractivity contribution in [2.45, 2.75) is 31.5 Å². The van der Waals surface area contributed by atoms with Gasteiger partial charge in [0.05, 0.1) is 0 Å². The van der Waals surface area contributed by atoms with Gasteiger partial charge in [-0.25, -0.2) is 0 Å². The number of hydrogen-bond donors (Lipinski definition) is 0. The van der Waals surface area contributed by atoms with Crippen molar-refractivity contribution in [3.05, 3.63) is 0 Å². The monoisotopic (exact) mass is 212 g/mol. The molecule has 2 aliphatic carbocycles. The number of Topliss-reactive ketones (excluding diaryl/α,β-unsaturated/α-hetero) is 2. The maximum absolute atomic E-state index is 11.9. The molecule has 2 bridgehead atoms. The standard InChI is InChI=1S/C11H16O4/c1-14-11(15-2)8-3-7(5-10(11)13)4-9(12)6-8/h7-8H,3-6H2,1-2H3. The Labute approximate surface area is 88.9 Å². The van der Waals surface area contributed by atoms with Gasteiger partial charge in [0, 0.05) is 39.4 Å². The molecule has 4 nitrogen and oxygen atoms in total. The third-order valence-electron chi connectivity index (χ3n) is 3.61. The average Bonchev–Trinajstić information content (AvgIpc) is 2.18. The van der Waals surface area contributed by atoms with Crippen molar-refractivity contribution in [1.29, 1.82) is 0 Å². The van der Waals surface area contributed by atoms with Gasteiger partial charge < -0.3 is 9.47 Å². The zero-order valence-electron chi connectivity index (χ0n) is 9.12. The number of carbonyl (C=O) groups excluding carboxylic acids is 2. The summed E-state index contributed by atoms with van der Waals surface area (Å²) in [5, 5.41) is 0. The molecule has 2 fully saturated rings. The fourth-order valence-corrected chi connectivity index (χ4v) is 2.97. The lowest BCUT2D eigenvalue weighted by Crippen LogP contribution is -2.56. The third-order valence-corrected chi connectivity index (χ3v) is 3.61. The van der Waals surface area contributed by atoms with Gasteiger partial charge in [0.25, 0.3) is 0 Å². The van der Waals surface area contributed by atoms with Gasteiger partial charge in [0.1, 0.15) is 5.78 Å². The molecule has 0 radical (unpaired) electrons. The van der Waals surface area contributed by atoms with Crippen molar-refractivity contribution in [2.75, 3.05) is 14.2 Å². The summed E-state index contributed by atoms with van der Waals surface area (Å²) in [4.78, 5) is 23.4. The Morgan fingerprint density at radius 2 is 1.80 bits per heavy atom. The molecule has 2 unspecified atom stereocenters. The molecular formula is C11H16O4. The molecule has 0 N–H and O–H groups in total. The number of rotatable bonds is 2. The Bertz CT molecular complexity index is 293. The normalized spacial score (nSPS) is 34.3. The van der Waals surface area contributed by atoms with Crippen molar-refractivity contribution in [3.63, 3.8) is 0 Å². The first-order valence-corrected chi connectivity index (χ1v) is 5.27. The van der Waals surface area contributed by atoms with E-state index in [1.165, 1.54) is 14.2 Å². The first kappa shape index (κ1) is 10.8. The van der Waals surface area contributed by atoms with Crippen LogP contribution in [0.3, 0.4) is 0 Å². The highest BCUT2D eigenvalue weighted by Crippen LogP contribution is 2.44. The molecular weight excluding hydrogens is 196 g/mol. The summed E-state index contributed by atoms with van der Waals surface area (Å²) in [6, 6.07) is 0. The summed E-state index contributed by atoms with van der Waals surface area (Å²) < 4.78 is 10.5. The van der Waals surface area contributed by atoms with E-state index in [0.29, 0.717) is 19.3 Å². The lowest BCUT2D eigenvalue weighted by Gasteiger charge is -2.45. The smallest absolute Gasteiger partial charge is 0.231 e. The van der Waals surface area contributed by atoms with Gasteiger partial charge >= 0.3 is 0 Å². The summed E-state index contributed by atoms with van der Waals surface area (Å²) in [6.45, 7) is 0. The van der Waals surface area contributed by atoms with E-state index in [-0.39, 0.29) is 23.4 Å². The summed E-state index contributed by atoms with van der Waals surface area (Å²) >= 11 is 0. The van der Waals surface area contributed by atoms with E-state index in [2.05, 4.69) is 0 Å². The Morgan fingerprint density at radius 1 is 1.13 bits per heavy atom. The maximum Gasteiger partial charge on any atom is 0.231 e. The number of carbonyl (C=O) groups is 2. The Kier molecular flexibility index (Phi) is 2.64. The molecule has 0 aromatic carbocycles. The molecule has 2 atom stereocenters. The van der Waals surface area contributed by atoms with Gasteiger partial charge in [-0.05, 0) is 12.3 Å². The SMILES string of the molecule is COC1(OC)C(=O)CC2CC(=O)CC1C2. The van der Waals surface area contributed by atoms with E-state index in [4.69, 9.17) is 9.47 Å². The van der Waals surface area contributed by atoms with Crippen LogP contribution in [0, 0.1) is 11.8 Å². The second-order valence-electron chi connectivity index (χ2n) is 4.45. The lowest BCUT2D eigenvalue weighted by molar-refractivity contribution is -0.243. The van der Waals surface area contributed by atoms with Crippen molar-refractivity contribution in [2.24, 2.45) is 11.8 Å². The molecule has 2 aliphatic rings. The number of hydrogen-bond acceptors (Lipinski definition) is 4. The fraction of sp³-hybridized carbons (Fsp3) is 0.818. The van der Waals surface area contributed by atoms with Crippen LogP contribution in [0.5, 0.6) is 0 Å². The highest BCUT2D eigenvalue weighted by atomic mass is 16.7. The van der Waals surface area contributed by atoms with Crippen LogP contribution in [0.25, 0.3) is 0 Å². The quantitative estimate of drug-likeness (QED) is 0.639. The molecule has 4 heteroatoms. The molecule has 2 saturated carbocycles. The number of ketones is 2. The average molecular weight is 212 g/mol. The van der Waals surface area contributed by atoms with E-state index in [1.807, 2.05) is 0 Å². The number of ether oxygens (including phenoxy) is 2. The van der Waals surface area contributed by atoms with Crippen LogP contribution in [-0.2, 0) is 19.1 Å². The van der Waals surface area contributed by atoms with Gasteiger partial charge in [-0.15, -0.1) is 0 Å². The summed E-state index contributed by atoms with van der Waals surface area (Å²) in [5.74, 6) is -0.835. The van der Waals surface area contributed by atoms with E-state index < -0.39 is 5.79 Å². The molecule has 0 heterocycles. The second kappa shape index (κ2) is 3.68. The fourth-order valence-electron chi connectivity index (χ4n) is 2.97. The second-order valence-corrected chi connectivity index (χ2v) is 4.45. The highest BCUT2D eigenvalue weighted by molar-refractivity contribution is 5.91. The summed E-state index contributed by atoms with van der Waals surface area (Å²) in [6.07, 6.45) is 2.22. The van der Waals surface area contributed by atoms with Crippen LogP contribution in [-0.4, -0.2) is 31.6 Å². The maximum atomic E-state index is 11.9. The highest BCUT2D eigenvalue weighted by Gasteiger charge is 2.53. The first-order valence-electron chi connectivity index (χ1n) is 5.27. The zero-order valence-corrected chi connectivity index (χ0v) is 9.12. The first-order chi connectivity index (χ1) is 7.12. The van der Waals surface area contributed by atoms with E-state index in [9.17, 15) is 9.59 Å². The predicted octanol–water partition coefficient (Wildman–Crippen LogP) is 0.934. The van der Waals surface area contributed by atoms with Gasteiger partial charge in [-0.3, -0.25) is 9.59 Å². The Morgan fingerprint density at radius 3 is 2.40 bits per heavy atom. The summed E-state index contributed by atoms with van der Waals surface area (Å²) in [5.41, 5.74) is 0. The molecule has 0 aliphatic heterocycles. The van der Waals surface area contributed by atoms with E-state index in [1.54, 1.807) is 0 Å². The zero-order chi connectivity index (χ0) is 11.1. The van der Waals surface area contributed by atoms with Crippen LogP contribution < -0.4 is 0 Å². The van der Waals surface area contributed by atoms with E-state index >= 15 is 0 Å². The minimum Gasteiger partial charge on any atom is -0.347 e. The lowest BCUT2D eigenvalue weighted by atomic mass is 9.68. The largest absolute Gasteiger partial charge is 0.347 e. The minimum absolute atomic E-state index is 0.0127. The van der Waals surface area contributed by atoms with Gasteiger partial charge in [-0.1, -0.05) is 0 Å². The van der Waals surface area contributed by atoms with Gasteiger partial charge in [0.2, 0.25) is 5.79 Å². The number of methoxy groups -OCH3 is 2. The van der Waals surface area contributed by atoms with Crippen molar-refractivity contribution in [1.82, 2.24) is 0 Å². The van der Waals surface area contributed by atoms with Crippen LogP contribution >= 0.6 is 0 Å². The molecule has 2 rings (SSSR count). The van der Waals surface area contributed by atoms with Gasteiger partial charge in [-0.2, -0.15) is 0 Å². The van der Waals surface area contributed by atoms with Crippen molar-refractivity contribution < 1.29 is 19.1 Å². The Hall–Kier alpha value is -0.740. The molecule has 0 saturated heterocycles. The number of fused-ring (bicyclic) bond motifs is 2. The molecule has 0 aromatic heterocycles. The van der Waals surface area contributed by atoms with Crippen LogP contribution in [0.2, 0.25) is 0 Å². The third kappa shape index (κ3) is 1.52. The molecule has 84 valence electrons.